The third kappa shape index (κ3) is 3.50. The van der Waals surface area contributed by atoms with Gasteiger partial charge in [-0.3, -0.25) is 9.59 Å². The van der Waals surface area contributed by atoms with E-state index in [0.717, 1.165) is 3.57 Å². The molecule has 0 aliphatic rings. The smallest absolute Gasteiger partial charge is 0.319 e. The van der Waals surface area contributed by atoms with Gasteiger partial charge in [0.2, 0.25) is 0 Å². The Morgan fingerprint density at radius 2 is 1.82 bits per heavy atom. The van der Waals surface area contributed by atoms with Gasteiger partial charge in [-0.05, 0) is 41.6 Å². The summed E-state index contributed by atoms with van der Waals surface area (Å²) in [4.78, 5) is 23.5. The molecule has 92 valence electrons. The van der Waals surface area contributed by atoms with Gasteiger partial charge in [-0.25, -0.2) is 0 Å². The number of halogens is 1. The Labute approximate surface area is 113 Å². The Morgan fingerprint density at radius 1 is 1.29 bits per heavy atom. The first-order valence-corrected chi connectivity index (χ1v) is 6.11. The van der Waals surface area contributed by atoms with Crippen molar-refractivity contribution in [3.63, 3.8) is 0 Å². The molecule has 0 unspecified atom stereocenters. The molecule has 17 heavy (non-hydrogen) atoms. The minimum Gasteiger partial charge on any atom is -0.468 e. The number of carbonyl (C=O) groups is 2. The van der Waals surface area contributed by atoms with E-state index in [1.54, 1.807) is 24.3 Å². The SMILES string of the molecule is COC(=O)[C@H](C(=O)c1ccc(I)cc1)[C@@H](C)O. The molecule has 0 radical (unpaired) electrons. The molecule has 0 spiro atoms. The highest BCUT2D eigenvalue weighted by Gasteiger charge is 2.32. The van der Waals surface area contributed by atoms with Crippen molar-refractivity contribution in [3.05, 3.63) is 33.4 Å². The summed E-state index contributed by atoms with van der Waals surface area (Å²) in [5.41, 5.74) is 0.390. The van der Waals surface area contributed by atoms with E-state index in [9.17, 15) is 14.7 Å². The molecule has 0 aliphatic carbocycles. The normalized spacial score (nSPS) is 13.9. The molecule has 0 aromatic heterocycles. The van der Waals surface area contributed by atoms with Gasteiger partial charge in [0.25, 0.3) is 0 Å². The average Bonchev–Trinajstić information content (AvgIpc) is 2.29. The second-order valence-corrected chi connectivity index (χ2v) is 4.86. The maximum atomic E-state index is 12.0. The lowest BCUT2D eigenvalue weighted by molar-refractivity contribution is -0.146. The molecule has 0 saturated carbocycles. The first-order chi connectivity index (χ1) is 7.97. The molecular weight excluding hydrogens is 335 g/mol. The number of carbonyl (C=O) groups excluding carboxylic acids is 2. The van der Waals surface area contributed by atoms with Gasteiger partial charge in [-0.15, -0.1) is 0 Å². The predicted octanol–water partition coefficient (Wildman–Crippen LogP) is 1.64. The number of aliphatic hydroxyl groups excluding tert-OH is 1. The van der Waals surface area contributed by atoms with Crippen molar-refractivity contribution in [3.8, 4) is 0 Å². The summed E-state index contributed by atoms with van der Waals surface area (Å²) in [6, 6.07) is 6.79. The third-order valence-corrected chi connectivity index (χ3v) is 3.07. The molecule has 0 amide bonds. The van der Waals surface area contributed by atoms with Crippen molar-refractivity contribution in [1.29, 1.82) is 0 Å². The molecule has 0 fully saturated rings. The Hall–Kier alpha value is -0.950. The summed E-state index contributed by atoms with van der Waals surface area (Å²) in [6.45, 7) is 1.40. The van der Waals surface area contributed by atoms with E-state index in [2.05, 4.69) is 27.3 Å². The van der Waals surface area contributed by atoms with E-state index >= 15 is 0 Å². The van der Waals surface area contributed by atoms with E-state index in [1.807, 2.05) is 0 Å². The number of esters is 1. The highest BCUT2D eigenvalue weighted by Crippen LogP contribution is 2.16. The van der Waals surface area contributed by atoms with Gasteiger partial charge in [0, 0.05) is 9.13 Å². The fourth-order valence-corrected chi connectivity index (χ4v) is 1.80. The molecule has 1 aromatic carbocycles. The number of hydrogen-bond acceptors (Lipinski definition) is 4. The van der Waals surface area contributed by atoms with Crippen molar-refractivity contribution in [2.24, 2.45) is 5.92 Å². The molecule has 0 saturated heterocycles. The van der Waals surface area contributed by atoms with E-state index in [1.165, 1.54) is 14.0 Å². The van der Waals surface area contributed by atoms with Crippen LogP contribution < -0.4 is 0 Å². The van der Waals surface area contributed by atoms with Crippen LogP contribution in [0.4, 0.5) is 0 Å². The second-order valence-electron chi connectivity index (χ2n) is 3.61. The number of aliphatic hydroxyl groups is 1. The van der Waals surface area contributed by atoms with Crippen LogP contribution in [0, 0.1) is 9.49 Å². The number of ketones is 1. The minimum absolute atomic E-state index is 0.390. The second kappa shape index (κ2) is 6.11. The molecule has 1 aromatic rings. The molecule has 1 N–H and O–H groups in total. The van der Waals surface area contributed by atoms with Crippen LogP contribution in [0.5, 0.6) is 0 Å². The maximum Gasteiger partial charge on any atom is 0.319 e. The van der Waals surface area contributed by atoms with Gasteiger partial charge in [-0.2, -0.15) is 0 Å². The zero-order valence-corrected chi connectivity index (χ0v) is 11.7. The van der Waals surface area contributed by atoms with E-state index in [0.29, 0.717) is 5.56 Å². The summed E-state index contributed by atoms with van der Waals surface area (Å²) in [6.07, 6.45) is -1.07. The zero-order chi connectivity index (χ0) is 13.0. The first-order valence-electron chi connectivity index (χ1n) is 5.03. The molecule has 0 heterocycles. The van der Waals surface area contributed by atoms with Gasteiger partial charge in [-0.1, -0.05) is 12.1 Å². The molecule has 4 nitrogen and oxygen atoms in total. The number of hydrogen-bond donors (Lipinski definition) is 1. The predicted molar refractivity (Wildman–Crippen MR) is 70.7 cm³/mol. The summed E-state index contributed by atoms with van der Waals surface area (Å²) >= 11 is 2.12. The van der Waals surface area contributed by atoms with Crippen LogP contribution in [0.1, 0.15) is 17.3 Å². The van der Waals surface area contributed by atoms with Crippen molar-refractivity contribution in [2.75, 3.05) is 7.11 Å². The lowest BCUT2D eigenvalue weighted by atomic mass is 9.93. The van der Waals surface area contributed by atoms with Gasteiger partial charge < -0.3 is 9.84 Å². The number of methoxy groups -OCH3 is 1. The Kier molecular flexibility index (Phi) is 5.07. The molecule has 0 bridgehead atoms. The van der Waals surface area contributed by atoms with Gasteiger partial charge in [0.15, 0.2) is 5.78 Å². The molecule has 0 aliphatic heterocycles. The first kappa shape index (κ1) is 14.1. The van der Waals surface area contributed by atoms with Crippen molar-refractivity contribution < 1.29 is 19.4 Å². The lowest BCUT2D eigenvalue weighted by Gasteiger charge is -2.16. The minimum atomic E-state index is -1.17. The van der Waals surface area contributed by atoms with Gasteiger partial charge >= 0.3 is 5.97 Å². The average molecular weight is 348 g/mol. The zero-order valence-electron chi connectivity index (χ0n) is 9.51. The standard InChI is InChI=1S/C12H13IO4/c1-7(14)10(12(16)17-2)11(15)8-3-5-9(13)6-4-8/h3-7,10,14H,1-2H3/t7-,10+/m1/s1. The van der Waals surface area contributed by atoms with Crippen molar-refractivity contribution >= 4 is 34.3 Å². The molecule has 1 rings (SSSR count). The monoisotopic (exact) mass is 348 g/mol. The highest BCUT2D eigenvalue weighted by molar-refractivity contribution is 14.1. The van der Waals surface area contributed by atoms with Crippen LogP contribution in [0.15, 0.2) is 24.3 Å². The van der Waals surface area contributed by atoms with E-state index in [4.69, 9.17) is 0 Å². The Morgan fingerprint density at radius 3 is 2.24 bits per heavy atom. The van der Waals surface area contributed by atoms with Crippen LogP contribution in [-0.4, -0.2) is 30.1 Å². The molecular formula is C12H13IO4. The van der Waals surface area contributed by atoms with Crippen LogP contribution in [0.3, 0.4) is 0 Å². The van der Waals surface area contributed by atoms with Gasteiger partial charge in [0.05, 0.1) is 13.2 Å². The molecule has 2 atom stereocenters. The quantitative estimate of drug-likeness (QED) is 0.389. The number of Topliss-reactive ketones (excluding diaryl/α,β-unsaturated/α-hetero) is 1. The number of rotatable bonds is 4. The van der Waals surface area contributed by atoms with E-state index in [-0.39, 0.29) is 0 Å². The third-order valence-electron chi connectivity index (χ3n) is 2.35. The Balaban J connectivity index is 3.00. The Bertz CT molecular complexity index is 411. The largest absolute Gasteiger partial charge is 0.468 e. The van der Waals surface area contributed by atoms with Gasteiger partial charge in [0.1, 0.15) is 5.92 Å². The van der Waals surface area contributed by atoms with Crippen LogP contribution in [-0.2, 0) is 9.53 Å². The van der Waals surface area contributed by atoms with Crippen LogP contribution in [0.2, 0.25) is 0 Å². The van der Waals surface area contributed by atoms with E-state index < -0.39 is 23.8 Å². The van der Waals surface area contributed by atoms with Crippen LogP contribution >= 0.6 is 22.6 Å². The maximum absolute atomic E-state index is 12.0. The lowest BCUT2D eigenvalue weighted by Crippen LogP contribution is -2.34. The summed E-state index contributed by atoms with van der Waals surface area (Å²) in [7, 11) is 1.19. The number of benzene rings is 1. The van der Waals surface area contributed by atoms with Crippen molar-refractivity contribution in [2.45, 2.75) is 13.0 Å². The summed E-state index contributed by atoms with van der Waals surface area (Å²) < 4.78 is 5.51. The fourth-order valence-electron chi connectivity index (χ4n) is 1.44. The fraction of sp³-hybridized carbons (Fsp3) is 0.333. The summed E-state index contributed by atoms with van der Waals surface area (Å²) in [5.74, 6) is -2.31. The topological polar surface area (TPSA) is 63.6 Å². The summed E-state index contributed by atoms with van der Waals surface area (Å²) in [5, 5.41) is 9.48. The molecule has 5 heteroatoms. The number of ether oxygens (including phenoxy) is 1. The highest BCUT2D eigenvalue weighted by atomic mass is 127. The van der Waals surface area contributed by atoms with Crippen LogP contribution in [0.25, 0.3) is 0 Å². The van der Waals surface area contributed by atoms with Crippen molar-refractivity contribution in [1.82, 2.24) is 0 Å².